The molecular formula is C15H18N2O4. The predicted molar refractivity (Wildman–Crippen MR) is 76.5 cm³/mol. The summed E-state index contributed by atoms with van der Waals surface area (Å²) in [5.74, 6) is -0.0125. The minimum atomic E-state index is -0.802. The van der Waals surface area contributed by atoms with Crippen molar-refractivity contribution in [2.24, 2.45) is 0 Å². The molecule has 6 heteroatoms. The molecule has 0 saturated carbocycles. The van der Waals surface area contributed by atoms with E-state index >= 15 is 0 Å². The van der Waals surface area contributed by atoms with Crippen molar-refractivity contribution >= 4 is 17.6 Å². The zero-order chi connectivity index (χ0) is 15.2. The van der Waals surface area contributed by atoms with Crippen molar-refractivity contribution in [1.82, 2.24) is 4.90 Å². The van der Waals surface area contributed by atoms with Crippen molar-refractivity contribution in [3.8, 4) is 5.75 Å². The maximum atomic E-state index is 12.3. The zero-order valence-electron chi connectivity index (χ0n) is 12.3. The molecule has 1 saturated heterocycles. The van der Waals surface area contributed by atoms with Gasteiger partial charge in [-0.3, -0.25) is 9.69 Å². The fraction of sp³-hybridized carbons (Fsp3) is 0.467. The Morgan fingerprint density at radius 3 is 2.76 bits per heavy atom. The number of ether oxygens (including phenoxy) is 2. The molecule has 1 N–H and O–H groups in total. The number of rotatable bonds is 2. The molecule has 0 bridgehead atoms. The third-order valence-corrected chi connectivity index (χ3v) is 4.02. The average Bonchev–Trinajstić information content (AvgIpc) is 2.42. The van der Waals surface area contributed by atoms with Gasteiger partial charge in [0.05, 0.1) is 18.4 Å². The first-order chi connectivity index (χ1) is 9.95. The normalized spacial score (nSPS) is 19.5. The molecule has 2 heterocycles. The van der Waals surface area contributed by atoms with Crippen LogP contribution in [0.4, 0.5) is 5.69 Å². The molecular weight excluding hydrogens is 272 g/mol. The molecule has 2 aliphatic rings. The number of hydrogen-bond donors (Lipinski definition) is 1. The van der Waals surface area contributed by atoms with Gasteiger partial charge < -0.3 is 14.8 Å². The van der Waals surface area contributed by atoms with Crippen LogP contribution in [0.25, 0.3) is 0 Å². The van der Waals surface area contributed by atoms with E-state index in [4.69, 9.17) is 4.74 Å². The van der Waals surface area contributed by atoms with Gasteiger partial charge in [-0.25, -0.2) is 4.79 Å². The molecule has 0 unspecified atom stereocenters. The maximum Gasteiger partial charge on any atom is 0.337 e. The Hall–Kier alpha value is -2.08. The lowest BCUT2D eigenvalue weighted by atomic mass is 9.89. The summed E-state index contributed by atoms with van der Waals surface area (Å²) >= 11 is 0. The molecule has 3 rings (SSSR count). The smallest absolute Gasteiger partial charge is 0.337 e. The molecule has 0 atom stereocenters. The van der Waals surface area contributed by atoms with Crippen LogP contribution >= 0.6 is 0 Å². The van der Waals surface area contributed by atoms with Gasteiger partial charge in [0.15, 0.2) is 0 Å². The monoisotopic (exact) mass is 290 g/mol. The first-order valence-electron chi connectivity index (χ1n) is 6.92. The Balaban J connectivity index is 1.84. The van der Waals surface area contributed by atoms with Crippen molar-refractivity contribution in [3.05, 3.63) is 23.8 Å². The highest BCUT2D eigenvalue weighted by molar-refractivity contribution is 6.03. The topological polar surface area (TPSA) is 67.9 Å². The van der Waals surface area contributed by atoms with Gasteiger partial charge in [0.25, 0.3) is 5.91 Å². The van der Waals surface area contributed by atoms with E-state index in [2.05, 4.69) is 28.8 Å². The fourth-order valence-corrected chi connectivity index (χ4v) is 2.64. The standard InChI is InChI=1S/C15H18N2O4/c1-9(2)17-7-15(8-17)14(19)16-11-6-10(13(18)20-3)4-5-12(11)21-15/h4-6,9H,7-8H2,1-3H3,(H,16,19). The lowest BCUT2D eigenvalue weighted by Crippen LogP contribution is -2.72. The van der Waals surface area contributed by atoms with Gasteiger partial charge in [-0.2, -0.15) is 0 Å². The quantitative estimate of drug-likeness (QED) is 0.831. The van der Waals surface area contributed by atoms with Gasteiger partial charge in [0.1, 0.15) is 5.75 Å². The number of hydrogen-bond acceptors (Lipinski definition) is 5. The third kappa shape index (κ3) is 2.15. The Kier molecular flexibility index (Phi) is 3.13. The van der Waals surface area contributed by atoms with Crippen LogP contribution in [0.1, 0.15) is 24.2 Å². The highest BCUT2D eigenvalue weighted by atomic mass is 16.5. The maximum absolute atomic E-state index is 12.3. The van der Waals surface area contributed by atoms with Crippen LogP contribution < -0.4 is 10.1 Å². The van der Waals surface area contributed by atoms with E-state index in [-0.39, 0.29) is 5.91 Å². The van der Waals surface area contributed by atoms with Crippen LogP contribution in [0, 0.1) is 0 Å². The summed E-state index contributed by atoms with van der Waals surface area (Å²) in [5.41, 5.74) is 0.0920. The number of fused-ring (bicyclic) bond motifs is 1. The fourth-order valence-electron chi connectivity index (χ4n) is 2.64. The van der Waals surface area contributed by atoms with E-state index in [9.17, 15) is 9.59 Å². The van der Waals surface area contributed by atoms with Gasteiger partial charge in [-0.1, -0.05) is 0 Å². The summed E-state index contributed by atoms with van der Waals surface area (Å²) in [5, 5.41) is 2.83. The third-order valence-electron chi connectivity index (χ3n) is 4.02. The first-order valence-corrected chi connectivity index (χ1v) is 6.92. The number of benzene rings is 1. The SMILES string of the molecule is COC(=O)c1ccc2c(c1)NC(=O)C1(CN(C(C)C)C1)O2. The highest BCUT2D eigenvalue weighted by Crippen LogP contribution is 2.39. The number of carbonyl (C=O) groups excluding carboxylic acids is 2. The Bertz CT molecular complexity index is 606. The molecule has 6 nitrogen and oxygen atoms in total. The van der Waals surface area contributed by atoms with Crippen molar-refractivity contribution in [3.63, 3.8) is 0 Å². The van der Waals surface area contributed by atoms with Crippen LogP contribution in [0.15, 0.2) is 18.2 Å². The van der Waals surface area contributed by atoms with Crippen molar-refractivity contribution in [1.29, 1.82) is 0 Å². The van der Waals surface area contributed by atoms with Crippen LogP contribution in [0.5, 0.6) is 5.75 Å². The van der Waals surface area contributed by atoms with Crippen LogP contribution in [-0.2, 0) is 9.53 Å². The Morgan fingerprint density at radius 1 is 1.43 bits per heavy atom. The highest BCUT2D eigenvalue weighted by Gasteiger charge is 2.54. The molecule has 112 valence electrons. The first kappa shape index (κ1) is 13.9. The predicted octanol–water partition coefficient (Wildman–Crippen LogP) is 1.27. The van der Waals surface area contributed by atoms with Gasteiger partial charge in [-0.05, 0) is 32.0 Å². The second-order valence-electron chi connectivity index (χ2n) is 5.75. The summed E-state index contributed by atoms with van der Waals surface area (Å²) in [6.45, 7) is 5.33. The van der Waals surface area contributed by atoms with Crippen molar-refractivity contribution < 1.29 is 19.1 Å². The van der Waals surface area contributed by atoms with Crippen molar-refractivity contribution in [2.75, 3.05) is 25.5 Å². The molecule has 21 heavy (non-hydrogen) atoms. The average molecular weight is 290 g/mol. The number of nitrogens with one attached hydrogen (secondary N) is 1. The minimum absolute atomic E-state index is 0.158. The second kappa shape index (κ2) is 4.73. The lowest BCUT2D eigenvalue weighted by molar-refractivity contribution is -0.152. The van der Waals surface area contributed by atoms with Gasteiger partial charge in [0, 0.05) is 19.1 Å². The number of esters is 1. The molecule has 1 amide bonds. The van der Waals surface area contributed by atoms with E-state index in [1.807, 2.05) is 0 Å². The van der Waals surface area contributed by atoms with Gasteiger partial charge in [-0.15, -0.1) is 0 Å². The molecule has 0 aliphatic carbocycles. The number of methoxy groups -OCH3 is 1. The summed E-state index contributed by atoms with van der Waals surface area (Å²) in [7, 11) is 1.32. The molecule has 2 aliphatic heterocycles. The summed E-state index contributed by atoms with van der Waals surface area (Å²) < 4.78 is 10.6. The van der Waals surface area contributed by atoms with Crippen LogP contribution in [-0.4, -0.2) is 48.6 Å². The molecule has 1 spiro atoms. The van der Waals surface area contributed by atoms with E-state index < -0.39 is 11.6 Å². The van der Waals surface area contributed by atoms with E-state index in [0.29, 0.717) is 36.1 Å². The number of amides is 1. The molecule has 0 aromatic heterocycles. The number of likely N-dealkylation sites (tertiary alicyclic amines) is 1. The largest absolute Gasteiger partial charge is 0.472 e. The van der Waals surface area contributed by atoms with E-state index in [0.717, 1.165) is 0 Å². The number of anilines is 1. The second-order valence-corrected chi connectivity index (χ2v) is 5.75. The Morgan fingerprint density at radius 2 is 2.14 bits per heavy atom. The zero-order valence-corrected chi connectivity index (χ0v) is 12.3. The van der Waals surface area contributed by atoms with E-state index in [1.54, 1.807) is 18.2 Å². The lowest BCUT2D eigenvalue weighted by Gasteiger charge is -2.51. The van der Waals surface area contributed by atoms with Crippen LogP contribution in [0.2, 0.25) is 0 Å². The summed E-state index contributed by atoms with van der Waals surface area (Å²) in [6, 6.07) is 5.29. The molecule has 0 radical (unpaired) electrons. The number of carbonyl (C=O) groups is 2. The van der Waals surface area contributed by atoms with Crippen molar-refractivity contribution in [2.45, 2.75) is 25.5 Å². The van der Waals surface area contributed by atoms with Gasteiger partial charge in [0.2, 0.25) is 5.60 Å². The Labute approximate surface area is 123 Å². The summed E-state index contributed by atoms with van der Waals surface area (Å²) in [4.78, 5) is 26.0. The number of nitrogens with zero attached hydrogens (tertiary/aromatic N) is 1. The molecule has 1 aromatic carbocycles. The van der Waals surface area contributed by atoms with Crippen LogP contribution in [0.3, 0.4) is 0 Å². The molecule has 1 aromatic rings. The van der Waals surface area contributed by atoms with Gasteiger partial charge >= 0.3 is 5.97 Å². The summed E-state index contributed by atoms with van der Waals surface area (Å²) in [6.07, 6.45) is 0. The minimum Gasteiger partial charge on any atom is -0.472 e. The van der Waals surface area contributed by atoms with E-state index in [1.165, 1.54) is 7.11 Å². The molecule has 1 fully saturated rings.